The minimum atomic E-state index is -0.277. The van der Waals surface area contributed by atoms with Gasteiger partial charge in [-0.2, -0.15) is 0 Å². The largest absolute Gasteiger partial charge is 0.482 e. The molecule has 2 aromatic carbocycles. The Morgan fingerprint density at radius 1 is 1.10 bits per heavy atom. The number of nitrogens with one attached hydrogen (secondary N) is 1. The first-order chi connectivity index (χ1) is 13.9. The van der Waals surface area contributed by atoms with Crippen LogP contribution in [0, 0.1) is 6.92 Å². The third-order valence-corrected chi connectivity index (χ3v) is 5.16. The zero-order chi connectivity index (χ0) is 21.0. The first kappa shape index (κ1) is 21.2. The van der Waals surface area contributed by atoms with Crippen LogP contribution in [0.4, 0.5) is 11.5 Å². The summed E-state index contributed by atoms with van der Waals surface area (Å²) in [5.74, 6) is 1.10. The molecule has 1 amide bonds. The molecule has 3 rings (SSSR count). The molecule has 0 spiro atoms. The van der Waals surface area contributed by atoms with Gasteiger partial charge in [0.15, 0.2) is 6.61 Å². The fourth-order valence-electron chi connectivity index (χ4n) is 3.10. The smallest absolute Gasteiger partial charge is 0.262 e. The first-order valence-electron chi connectivity index (χ1n) is 9.45. The van der Waals surface area contributed by atoms with Gasteiger partial charge in [-0.25, -0.2) is 4.98 Å². The van der Waals surface area contributed by atoms with Crippen LogP contribution in [-0.4, -0.2) is 30.6 Å². The highest BCUT2D eigenvalue weighted by Crippen LogP contribution is 2.28. The highest BCUT2D eigenvalue weighted by atomic mass is 35.5. The number of aromatic nitrogens is 1. The summed E-state index contributed by atoms with van der Waals surface area (Å²) in [4.78, 5) is 19.2. The molecule has 1 N–H and O–H groups in total. The maximum Gasteiger partial charge on any atom is 0.262 e. The molecule has 0 unspecified atom stereocenters. The molecule has 29 heavy (non-hydrogen) atoms. The average Bonchev–Trinajstić information content (AvgIpc) is 2.69. The lowest BCUT2D eigenvalue weighted by molar-refractivity contribution is -0.118. The maximum atomic E-state index is 12.3. The molecule has 0 aliphatic rings. The fourth-order valence-corrected chi connectivity index (χ4v) is 3.56. The number of carbonyl (C=O) groups excluding carboxylic acids is 1. The fraction of sp³-hybridized carbons (Fsp3) is 0.273. The third kappa shape index (κ3) is 5.11. The number of pyridine rings is 1. The van der Waals surface area contributed by atoms with E-state index in [2.05, 4.69) is 30.1 Å². The summed E-state index contributed by atoms with van der Waals surface area (Å²) in [6.07, 6.45) is 0. The highest BCUT2D eigenvalue weighted by molar-refractivity contribution is 6.35. The normalized spacial score (nSPS) is 10.8. The number of aryl methyl sites for hydroxylation is 1. The Morgan fingerprint density at radius 2 is 1.86 bits per heavy atom. The predicted molar refractivity (Wildman–Crippen MR) is 121 cm³/mol. The monoisotopic (exact) mass is 431 g/mol. The molecule has 0 radical (unpaired) electrons. The van der Waals surface area contributed by atoms with Gasteiger partial charge >= 0.3 is 0 Å². The summed E-state index contributed by atoms with van der Waals surface area (Å²) in [6.45, 7) is 7.93. The van der Waals surface area contributed by atoms with Crippen molar-refractivity contribution in [2.45, 2.75) is 20.8 Å². The van der Waals surface area contributed by atoms with Crippen molar-refractivity contribution in [3.8, 4) is 5.75 Å². The topological polar surface area (TPSA) is 54.5 Å². The molecule has 5 nitrogen and oxygen atoms in total. The Kier molecular flexibility index (Phi) is 6.83. The molecule has 0 bridgehead atoms. The van der Waals surface area contributed by atoms with Crippen molar-refractivity contribution in [2.75, 3.05) is 29.9 Å². The van der Waals surface area contributed by atoms with E-state index in [-0.39, 0.29) is 12.5 Å². The number of halogens is 2. The highest BCUT2D eigenvalue weighted by Gasteiger charge is 2.11. The summed E-state index contributed by atoms with van der Waals surface area (Å²) in [5.41, 5.74) is 2.69. The van der Waals surface area contributed by atoms with Gasteiger partial charge in [0, 0.05) is 29.2 Å². The van der Waals surface area contributed by atoms with E-state index in [9.17, 15) is 4.79 Å². The van der Waals surface area contributed by atoms with Crippen molar-refractivity contribution in [1.29, 1.82) is 0 Å². The number of carbonyl (C=O) groups is 1. The molecule has 0 atom stereocenters. The Hall–Kier alpha value is -2.50. The number of nitrogens with zero attached hydrogens (tertiary/aromatic N) is 2. The molecule has 3 aromatic rings. The summed E-state index contributed by atoms with van der Waals surface area (Å²) in [6, 6.07) is 12.6. The summed E-state index contributed by atoms with van der Waals surface area (Å²) in [5, 5.41) is 4.72. The Balaban J connectivity index is 1.72. The molecule has 0 aliphatic carbocycles. The van der Waals surface area contributed by atoms with E-state index in [1.54, 1.807) is 18.2 Å². The van der Waals surface area contributed by atoms with Crippen LogP contribution in [0.25, 0.3) is 10.9 Å². The quantitative estimate of drug-likeness (QED) is 0.519. The molecule has 1 heterocycles. The van der Waals surface area contributed by atoms with Crippen molar-refractivity contribution in [2.24, 2.45) is 0 Å². The molecule has 0 saturated carbocycles. The van der Waals surface area contributed by atoms with Crippen LogP contribution >= 0.6 is 23.2 Å². The van der Waals surface area contributed by atoms with E-state index in [4.69, 9.17) is 32.9 Å². The number of ether oxygens (including phenoxy) is 1. The van der Waals surface area contributed by atoms with Crippen molar-refractivity contribution in [3.05, 3.63) is 58.1 Å². The van der Waals surface area contributed by atoms with Crippen molar-refractivity contribution in [1.82, 2.24) is 4.98 Å². The van der Waals surface area contributed by atoms with Crippen molar-refractivity contribution >= 4 is 51.5 Å². The lowest BCUT2D eigenvalue weighted by atomic mass is 10.1. The third-order valence-electron chi connectivity index (χ3n) is 4.63. The van der Waals surface area contributed by atoms with Gasteiger partial charge < -0.3 is 15.0 Å². The first-order valence-corrected chi connectivity index (χ1v) is 10.2. The number of benzene rings is 2. The molecule has 152 valence electrons. The van der Waals surface area contributed by atoms with Gasteiger partial charge in [-0.3, -0.25) is 4.79 Å². The average molecular weight is 432 g/mol. The van der Waals surface area contributed by atoms with E-state index < -0.39 is 0 Å². The zero-order valence-corrected chi connectivity index (χ0v) is 18.1. The van der Waals surface area contributed by atoms with E-state index in [0.29, 0.717) is 21.5 Å². The van der Waals surface area contributed by atoms with Gasteiger partial charge in [-0.1, -0.05) is 23.2 Å². The SMILES string of the molecule is CCN(CC)c1cc(C)c2cc(NC(=O)COc3ccc(Cl)cc3Cl)ccc2n1. The van der Waals surface area contributed by atoms with Gasteiger partial charge in [-0.05, 0) is 68.8 Å². The predicted octanol–water partition coefficient (Wildman–Crippen LogP) is 5.71. The second kappa shape index (κ2) is 9.33. The molecular weight excluding hydrogens is 409 g/mol. The molecule has 0 fully saturated rings. The standard InChI is InChI=1S/C22H23Cl2N3O2/c1-4-27(5-2)21-10-14(3)17-12-16(7-8-19(17)26-21)25-22(28)13-29-20-9-6-15(23)11-18(20)24/h6-12H,4-5,13H2,1-3H3,(H,25,28). The van der Waals surface area contributed by atoms with Crippen LogP contribution < -0.4 is 15.0 Å². The second-order valence-corrected chi connectivity index (χ2v) is 7.46. The molecule has 1 aromatic heterocycles. The lowest BCUT2D eigenvalue weighted by Crippen LogP contribution is -2.23. The van der Waals surface area contributed by atoms with Gasteiger partial charge in [0.1, 0.15) is 11.6 Å². The minimum absolute atomic E-state index is 0.155. The molecule has 0 aliphatic heterocycles. The minimum Gasteiger partial charge on any atom is -0.482 e. The Morgan fingerprint density at radius 3 is 2.55 bits per heavy atom. The van der Waals surface area contributed by atoms with E-state index >= 15 is 0 Å². The van der Waals surface area contributed by atoms with Crippen molar-refractivity contribution < 1.29 is 9.53 Å². The Labute approximate surface area is 180 Å². The maximum absolute atomic E-state index is 12.3. The summed E-state index contributed by atoms with van der Waals surface area (Å²) in [7, 11) is 0. The number of anilines is 2. The molecular formula is C22H23Cl2N3O2. The second-order valence-electron chi connectivity index (χ2n) is 6.61. The zero-order valence-electron chi connectivity index (χ0n) is 16.6. The van der Waals surface area contributed by atoms with Crippen LogP contribution in [0.5, 0.6) is 5.75 Å². The van der Waals surface area contributed by atoms with Crippen LogP contribution in [0.3, 0.4) is 0 Å². The Bertz CT molecular complexity index is 1040. The number of hydrogen-bond acceptors (Lipinski definition) is 4. The van der Waals surface area contributed by atoms with E-state index in [1.165, 1.54) is 0 Å². The van der Waals surface area contributed by atoms with Crippen LogP contribution in [0.1, 0.15) is 19.4 Å². The van der Waals surface area contributed by atoms with Gasteiger partial charge in [-0.15, -0.1) is 0 Å². The van der Waals surface area contributed by atoms with Gasteiger partial charge in [0.25, 0.3) is 5.91 Å². The lowest BCUT2D eigenvalue weighted by Gasteiger charge is -2.21. The number of rotatable bonds is 7. The van der Waals surface area contributed by atoms with Crippen LogP contribution in [0.15, 0.2) is 42.5 Å². The number of hydrogen-bond donors (Lipinski definition) is 1. The van der Waals surface area contributed by atoms with E-state index in [0.717, 1.165) is 35.4 Å². The van der Waals surface area contributed by atoms with Crippen LogP contribution in [-0.2, 0) is 4.79 Å². The van der Waals surface area contributed by atoms with Crippen molar-refractivity contribution in [3.63, 3.8) is 0 Å². The molecule has 0 saturated heterocycles. The van der Waals surface area contributed by atoms with Gasteiger partial charge in [0.2, 0.25) is 0 Å². The number of fused-ring (bicyclic) bond motifs is 1. The molecule has 7 heteroatoms. The van der Waals surface area contributed by atoms with Gasteiger partial charge in [0.05, 0.1) is 10.5 Å². The summed E-state index contributed by atoms with van der Waals surface area (Å²) < 4.78 is 5.48. The summed E-state index contributed by atoms with van der Waals surface area (Å²) >= 11 is 11.9. The number of amides is 1. The van der Waals surface area contributed by atoms with E-state index in [1.807, 2.05) is 25.1 Å². The van der Waals surface area contributed by atoms with Crippen LogP contribution in [0.2, 0.25) is 10.0 Å².